The van der Waals surface area contributed by atoms with Gasteiger partial charge in [0, 0.05) is 7.11 Å². The second-order valence-electron chi connectivity index (χ2n) is 2.21. The molecule has 0 rings (SSSR count). The number of hydrogen-bond donors (Lipinski definition) is 0. The van der Waals surface area contributed by atoms with Crippen LogP contribution in [0.5, 0.6) is 0 Å². The second-order valence-corrected chi connectivity index (χ2v) is 2.21. The molecule has 0 fully saturated rings. The maximum absolute atomic E-state index is 5.00. The first-order chi connectivity index (χ1) is 3.66. The van der Waals surface area contributed by atoms with Gasteiger partial charge in [0.25, 0.3) is 0 Å². The fourth-order valence-electron chi connectivity index (χ4n) is 0.574. The van der Waals surface area contributed by atoms with Gasteiger partial charge in [-0.1, -0.05) is 5.57 Å². The molecule has 0 amide bonds. The molecule has 0 unspecified atom stereocenters. The van der Waals surface area contributed by atoms with Gasteiger partial charge in [-0.25, -0.2) is 0 Å². The number of methoxy groups -OCH3 is 1. The Kier molecular flexibility index (Phi) is 3.53. The van der Waals surface area contributed by atoms with Crippen molar-refractivity contribution in [3.05, 3.63) is 12.2 Å². The molecule has 1 heteroatoms. The molecule has 0 heterocycles. The molecule has 0 aliphatic heterocycles. The molecule has 0 aliphatic carbocycles. The normalized spacial score (nSPS) is 13.4. The molecular weight excluding hydrogens is 100 g/mol. The fourth-order valence-corrected chi connectivity index (χ4v) is 0.574. The summed E-state index contributed by atoms with van der Waals surface area (Å²) in [6.45, 7) is 7.81. The Morgan fingerprint density at radius 2 is 2.25 bits per heavy atom. The highest BCUT2D eigenvalue weighted by molar-refractivity contribution is 4.89. The molecule has 0 saturated heterocycles. The van der Waals surface area contributed by atoms with Crippen LogP contribution in [-0.2, 0) is 4.74 Å². The molecule has 0 spiro atoms. The van der Waals surface area contributed by atoms with Crippen LogP contribution in [-0.4, -0.2) is 13.2 Å². The molecule has 1 nitrogen and oxygen atoms in total. The Hall–Kier alpha value is -0.300. The molecule has 0 saturated carbocycles. The van der Waals surface area contributed by atoms with Crippen LogP contribution in [0.3, 0.4) is 0 Å². The summed E-state index contributed by atoms with van der Waals surface area (Å²) in [6.07, 6.45) is 1.30. The minimum Gasteiger partial charge on any atom is -0.381 e. The number of ether oxygens (including phenoxy) is 1. The van der Waals surface area contributed by atoms with Crippen molar-refractivity contribution in [2.75, 3.05) is 7.11 Å². The third-order valence-electron chi connectivity index (χ3n) is 1.04. The first-order valence-electron chi connectivity index (χ1n) is 2.84. The minimum absolute atomic E-state index is 0.326. The van der Waals surface area contributed by atoms with Crippen LogP contribution in [0.2, 0.25) is 0 Å². The van der Waals surface area contributed by atoms with E-state index in [1.165, 1.54) is 5.57 Å². The molecule has 48 valence electrons. The van der Waals surface area contributed by atoms with Crippen molar-refractivity contribution in [1.29, 1.82) is 0 Å². The van der Waals surface area contributed by atoms with Crippen LogP contribution in [0, 0.1) is 0 Å². The van der Waals surface area contributed by atoms with Crippen LogP contribution in [0.1, 0.15) is 20.3 Å². The Bertz CT molecular complexity index is 76.5. The molecule has 0 aromatic heterocycles. The average molecular weight is 114 g/mol. The predicted molar refractivity (Wildman–Crippen MR) is 35.9 cm³/mol. The first kappa shape index (κ1) is 7.70. The van der Waals surface area contributed by atoms with E-state index >= 15 is 0 Å². The molecule has 8 heavy (non-hydrogen) atoms. The van der Waals surface area contributed by atoms with Gasteiger partial charge in [-0.05, 0) is 20.3 Å². The van der Waals surface area contributed by atoms with Crippen LogP contribution in [0.15, 0.2) is 12.2 Å². The topological polar surface area (TPSA) is 9.23 Å². The summed E-state index contributed by atoms with van der Waals surface area (Å²) < 4.78 is 5.00. The molecule has 0 radical (unpaired) electrons. The van der Waals surface area contributed by atoms with Gasteiger partial charge in [0.1, 0.15) is 0 Å². The maximum atomic E-state index is 5.00. The summed E-state index contributed by atoms with van der Waals surface area (Å²) in [5.41, 5.74) is 1.18. The largest absolute Gasteiger partial charge is 0.381 e. The summed E-state index contributed by atoms with van der Waals surface area (Å²) in [4.78, 5) is 0. The molecule has 0 aromatic rings. The van der Waals surface area contributed by atoms with Crippen molar-refractivity contribution >= 4 is 0 Å². The smallest absolute Gasteiger partial charge is 0.0580 e. The summed E-state index contributed by atoms with van der Waals surface area (Å²) in [7, 11) is 1.72. The number of hydrogen-bond acceptors (Lipinski definition) is 1. The first-order valence-corrected chi connectivity index (χ1v) is 2.84. The lowest BCUT2D eigenvalue weighted by Gasteiger charge is -2.06. The fraction of sp³-hybridized carbons (Fsp3) is 0.714. The summed E-state index contributed by atoms with van der Waals surface area (Å²) >= 11 is 0. The summed E-state index contributed by atoms with van der Waals surface area (Å²) in [6, 6.07) is 0. The zero-order valence-electron chi connectivity index (χ0n) is 5.90. The Labute approximate surface area is 51.4 Å². The Balaban J connectivity index is 3.24. The lowest BCUT2D eigenvalue weighted by Crippen LogP contribution is -2.03. The van der Waals surface area contributed by atoms with E-state index in [0.717, 1.165) is 6.42 Å². The highest BCUT2D eigenvalue weighted by Crippen LogP contribution is 2.02. The van der Waals surface area contributed by atoms with Gasteiger partial charge in [-0.15, -0.1) is 6.58 Å². The van der Waals surface area contributed by atoms with Gasteiger partial charge in [0.05, 0.1) is 6.10 Å². The Morgan fingerprint density at radius 3 is 2.38 bits per heavy atom. The van der Waals surface area contributed by atoms with Crippen molar-refractivity contribution < 1.29 is 4.74 Å². The van der Waals surface area contributed by atoms with E-state index in [0.29, 0.717) is 6.10 Å². The third kappa shape index (κ3) is 3.88. The van der Waals surface area contributed by atoms with E-state index < -0.39 is 0 Å². The standard InChI is InChI=1S/C7H14O/c1-6(2)5-7(3)8-4/h7H,1,5H2,2-4H3/t7-/m1/s1. The van der Waals surface area contributed by atoms with Gasteiger partial charge >= 0.3 is 0 Å². The second kappa shape index (κ2) is 3.67. The van der Waals surface area contributed by atoms with E-state index in [1.54, 1.807) is 7.11 Å². The summed E-state index contributed by atoms with van der Waals surface area (Å²) in [5, 5.41) is 0. The lowest BCUT2D eigenvalue weighted by atomic mass is 10.2. The minimum atomic E-state index is 0.326. The van der Waals surface area contributed by atoms with Gasteiger partial charge in [0.2, 0.25) is 0 Å². The van der Waals surface area contributed by atoms with Crippen LogP contribution >= 0.6 is 0 Å². The van der Waals surface area contributed by atoms with Crippen molar-refractivity contribution in [2.24, 2.45) is 0 Å². The maximum Gasteiger partial charge on any atom is 0.0580 e. The SMILES string of the molecule is C=C(C)C[C@@H](C)OC. The molecule has 0 aliphatic rings. The van der Waals surface area contributed by atoms with Crippen LogP contribution in [0.4, 0.5) is 0 Å². The van der Waals surface area contributed by atoms with Crippen molar-refractivity contribution in [3.8, 4) is 0 Å². The highest BCUT2D eigenvalue weighted by Gasteiger charge is 1.96. The molecule has 0 N–H and O–H groups in total. The third-order valence-corrected chi connectivity index (χ3v) is 1.04. The van der Waals surface area contributed by atoms with Crippen molar-refractivity contribution in [3.63, 3.8) is 0 Å². The molecular formula is C7H14O. The quantitative estimate of drug-likeness (QED) is 0.510. The Morgan fingerprint density at radius 1 is 1.75 bits per heavy atom. The van der Waals surface area contributed by atoms with Crippen molar-refractivity contribution in [1.82, 2.24) is 0 Å². The van der Waals surface area contributed by atoms with E-state index in [2.05, 4.69) is 6.58 Å². The summed E-state index contributed by atoms with van der Waals surface area (Å²) in [5.74, 6) is 0. The van der Waals surface area contributed by atoms with Gasteiger partial charge in [0.15, 0.2) is 0 Å². The van der Waals surface area contributed by atoms with Gasteiger partial charge in [-0.2, -0.15) is 0 Å². The zero-order valence-corrected chi connectivity index (χ0v) is 5.90. The molecule has 0 aromatic carbocycles. The van der Waals surface area contributed by atoms with E-state index in [9.17, 15) is 0 Å². The highest BCUT2D eigenvalue weighted by atomic mass is 16.5. The zero-order chi connectivity index (χ0) is 6.57. The predicted octanol–water partition coefficient (Wildman–Crippen LogP) is 1.99. The molecule has 0 bridgehead atoms. The van der Waals surface area contributed by atoms with Gasteiger partial charge in [-0.3, -0.25) is 0 Å². The monoisotopic (exact) mass is 114 g/mol. The average Bonchev–Trinajstić information content (AvgIpc) is 1.65. The van der Waals surface area contributed by atoms with E-state index in [-0.39, 0.29) is 0 Å². The molecule has 1 atom stereocenters. The number of rotatable bonds is 3. The van der Waals surface area contributed by atoms with Crippen LogP contribution < -0.4 is 0 Å². The van der Waals surface area contributed by atoms with E-state index in [4.69, 9.17) is 4.74 Å². The van der Waals surface area contributed by atoms with E-state index in [1.807, 2.05) is 13.8 Å². The lowest BCUT2D eigenvalue weighted by molar-refractivity contribution is 0.119. The van der Waals surface area contributed by atoms with Gasteiger partial charge < -0.3 is 4.74 Å². The van der Waals surface area contributed by atoms with Crippen LogP contribution in [0.25, 0.3) is 0 Å². The van der Waals surface area contributed by atoms with Crippen molar-refractivity contribution in [2.45, 2.75) is 26.4 Å².